The predicted molar refractivity (Wildman–Crippen MR) is 71.6 cm³/mol. The van der Waals surface area contributed by atoms with Crippen LogP contribution in [0.4, 0.5) is 5.69 Å². The van der Waals surface area contributed by atoms with Gasteiger partial charge in [0.15, 0.2) is 4.90 Å². The fourth-order valence-corrected chi connectivity index (χ4v) is 3.17. The van der Waals surface area contributed by atoms with Crippen LogP contribution in [-0.2, 0) is 10.0 Å². The molecule has 0 spiro atoms. The van der Waals surface area contributed by atoms with Gasteiger partial charge in [0, 0.05) is 23.2 Å². The second-order valence-corrected chi connectivity index (χ2v) is 6.65. The number of nitrogens with one attached hydrogen (secondary N) is 1. The zero-order valence-corrected chi connectivity index (χ0v) is 12.0. The molecule has 1 aromatic rings. The van der Waals surface area contributed by atoms with Crippen molar-refractivity contribution in [2.24, 2.45) is 5.73 Å². The summed E-state index contributed by atoms with van der Waals surface area (Å²) in [5.74, 6) is 0. The first-order valence-electron chi connectivity index (χ1n) is 5.27. The fourth-order valence-electron chi connectivity index (χ4n) is 1.31. The van der Waals surface area contributed by atoms with Crippen molar-refractivity contribution >= 4 is 27.3 Å². The van der Waals surface area contributed by atoms with Gasteiger partial charge in [-0.05, 0) is 26.0 Å². The third-order valence-electron chi connectivity index (χ3n) is 2.33. The molecule has 106 valence electrons. The lowest BCUT2D eigenvalue weighted by molar-refractivity contribution is -0.387. The molecule has 9 heteroatoms. The van der Waals surface area contributed by atoms with Gasteiger partial charge in [-0.3, -0.25) is 10.1 Å². The Labute approximate surface area is 115 Å². The summed E-state index contributed by atoms with van der Waals surface area (Å²) in [4.78, 5) is 9.60. The van der Waals surface area contributed by atoms with Crippen molar-refractivity contribution < 1.29 is 13.3 Å². The molecule has 0 aliphatic rings. The van der Waals surface area contributed by atoms with Gasteiger partial charge in [-0.15, -0.1) is 0 Å². The van der Waals surface area contributed by atoms with Crippen LogP contribution in [0.25, 0.3) is 0 Å². The van der Waals surface area contributed by atoms with Gasteiger partial charge in [0.25, 0.3) is 5.69 Å². The number of nitro benzene ring substituents is 1. The molecule has 0 fully saturated rings. The number of halogens is 1. The third kappa shape index (κ3) is 3.87. The molecule has 0 saturated heterocycles. The maximum atomic E-state index is 12.2. The van der Waals surface area contributed by atoms with E-state index in [9.17, 15) is 18.5 Å². The quantitative estimate of drug-likeness (QED) is 0.627. The Hall–Kier alpha value is -1.22. The van der Waals surface area contributed by atoms with E-state index in [1.807, 2.05) is 0 Å². The first kappa shape index (κ1) is 15.8. The molecule has 0 heterocycles. The summed E-state index contributed by atoms with van der Waals surface area (Å²) in [6, 6.07) is 3.34. The van der Waals surface area contributed by atoms with Crippen molar-refractivity contribution in [3.8, 4) is 0 Å². The van der Waals surface area contributed by atoms with E-state index in [1.165, 1.54) is 6.07 Å². The minimum atomic E-state index is -4.08. The normalized spacial score (nSPS) is 12.4. The molecule has 0 aromatic heterocycles. The zero-order valence-electron chi connectivity index (χ0n) is 10.4. The zero-order chi connectivity index (χ0) is 14.8. The van der Waals surface area contributed by atoms with E-state index >= 15 is 0 Å². The highest BCUT2D eigenvalue weighted by molar-refractivity contribution is 7.89. The Bertz CT molecular complexity index is 601. The van der Waals surface area contributed by atoms with Gasteiger partial charge >= 0.3 is 0 Å². The van der Waals surface area contributed by atoms with E-state index in [1.54, 1.807) is 13.8 Å². The van der Waals surface area contributed by atoms with Crippen LogP contribution in [0.3, 0.4) is 0 Å². The van der Waals surface area contributed by atoms with Gasteiger partial charge in [-0.2, -0.15) is 0 Å². The van der Waals surface area contributed by atoms with Gasteiger partial charge in [-0.25, -0.2) is 13.1 Å². The van der Waals surface area contributed by atoms with Crippen molar-refractivity contribution in [1.29, 1.82) is 0 Å². The molecule has 1 rings (SSSR count). The first-order valence-corrected chi connectivity index (χ1v) is 7.13. The molecule has 1 aromatic carbocycles. The average molecular weight is 308 g/mol. The van der Waals surface area contributed by atoms with E-state index < -0.39 is 31.1 Å². The summed E-state index contributed by atoms with van der Waals surface area (Å²) in [5.41, 5.74) is 3.97. The molecule has 0 aliphatic heterocycles. The lowest BCUT2D eigenvalue weighted by Crippen LogP contribution is -2.48. The van der Waals surface area contributed by atoms with Gasteiger partial charge in [0.05, 0.1) is 4.92 Å². The number of nitrogens with zero attached hydrogens (tertiary/aromatic N) is 1. The first-order chi connectivity index (χ1) is 8.59. The van der Waals surface area contributed by atoms with Gasteiger partial charge < -0.3 is 5.73 Å². The number of hydrogen-bond acceptors (Lipinski definition) is 5. The van der Waals surface area contributed by atoms with Crippen molar-refractivity contribution in [2.75, 3.05) is 6.54 Å². The van der Waals surface area contributed by atoms with Crippen LogP contribution in [0.1, 0.15) is 13.8 Å². The molecule has 0 amide bonds. The van der Waals surface area contributed by atoms with Gasteiger partial charge in [0.2, 0.25) is 10.0 Å². The van der Waals surface area contributed by atoms with Crippen LogP contribution in [-0.4, -0.2) is 25.4 Å². The molecule has 0 bridgehead atoms. The Balaban J connectivity index is 3.36. The van der Waals surface area contributed by atoms with Crippen molar-refractivity contribution in [3.05, 3.63) is 33.3 Å². The van der Waals surface area contributed by atoms with E-state index in [-0.39, 0.29) is 11.6 Å². The SMILES string of the molecule is CC(C)(CN)NS(=O)(=O)c1cc(Cl)ccc1[N+](=O)[O-]. The van der Waals surface area contributed by atoms with Crippen LogP contribution < -0.4 is 10.5 Å². The summed E-state index contributed by atoms with van der Waals surface area (Å²) in [6.07, 6.45) is 0. The van der Waals surface area contributed by atoms with Crippen LogP contribution in [0, 0.1) is 10.1 Å². The second kappa shape index (κ2) is 5.41. The maximum absolute atomic E-state index is 12.2. The highest BCUT2D eigenvalue weighted by Crippen LogP contribution is 2.27. The maximum Gasteiger partial charge on any atom is 0.289 e. The topological polar surface area (TPSA) is 115 Å². The van der Waals surface area contributed by atoms with E-state index in [4.69, 9.17) is 17.3 Å². The predicted octanol–water partition coefficient (Wildman–Crippen LogP) is 1.26. The molecular formula is C10H14ClN3O4S. The summed E-state index contributed by atoms with van der Waals surface area (Å²) in [6.45, 7) is 3.18. The van der Waals surface area contributed by atoms with Crippen LogP contribution in [0.15, 0.2) is 23.1 Å². The molecular weight excluding hydrogens is 294 g/mol. The lowest BCUT2D eigenvalue weighted by Gasteiger charge is -2.23. The summed E-state index contributed by atoms with van der Waals surface area (Å²) in [5, 5.41) is 11.0. The minimum Gasteiger partial charge on any atom is -0.329 e. The van der Waals surface area contributed by atoms with Crippen molar-refractivity contribution in [1.82, 2.24) is 4.72 Å². The summed E-state index contributed by atoms with van der Waals surface area (Å²) in [7, 11) is -4.08. The Morgan fingerprint density at radius 3 is 2.53 bits per heavy atom. The largest absolute Gasteiger partial charge is 0.329 e. The van der Waals surface area contributed by atoms with Gasteiger partial charge in [-0.1, -0.05) is 11.6 Å². The molecule has 0 atom stereocenters. The number of sulfonamides is 1. The standard InChI is InChI=1S/C10H14ClN3O4S/c1-10(2,6-12)13-19(17,18)9-5-7(11)3-4-8(9)14(15)16/h3-5,13H,6,12H2,1-2H3. The number of nitrogens with two attached hydrogens (primary N) is 1. The third-order valence-corrected chi connectivity index (χ3v) is 4.29. The molecule has 0 radical (unpaired) electrons. The Morgan fingerprint density at radius 1 is 1.47 bits per heavy atom. The fraction of sp³-hybridized carbons (Fsp3) is 0.400. The minimum absolute atomic E-state index is 0.0423. The lowest BCUT2D eigenvalue weighted by atomic mass is 10.1. The van der Waals surface area contributed by atoms with Crippen LogP contribution in [0.2, 0.25) is 5.02 Å². The summed E-state index contributed by atoms with van der Waals surface area (Å²) < 4.78 is 26.6. The molecule has 3 N–H and O–H groups in total. The molecule has 0 saturated carbocycles. The number of hydrogen-bond donors (Lipinski definition) is 2. The Kier molecular flexibility index (Phi) is 4.51. The number of rotatable bonds is 5. The van der Waals surface area contributed by atoms with Crippen molar-refractivity contribution in [3.63, 3.8) is 0 Å². The average Bonchev–Trinajstić information content (AvgIpc) is 2.27. The van der Waals surface area contributed by atoms with Crippen molar-refractivity contribution in [2.45, 2.75) is 24.3 Å². The monoisotopic (exact) mass is 307 g/mol. The Morgan fingerprint density at radius 2 is 2.05 bits per heavy atom. The molecule has 0 unspecified atom stereocenters. The second-order valence-electron chi connectivity index (χ2n) is 4.56. The van der Waals surface area contributed by atoms with E-state index in [0.717, 1.165) is 12.1 Å². The molecule has 0 aliphatic carbocycles. The highest BCUT2D eigenvalue weighted by Gasteiger charge is 2.31. The number of benzene rings is 1. The smallest absolute Gasteiger partial charge is 0.289 e. The van der Waals surface area contributed by atoms with E-state index in [0.29, 0.717) is 0 Å². The highest BCUT2D eigenvalue weighted by atomic mass is 35.5. The van der Waals surface area contributed by atoms with Crippen LogP contribution in [0.5, 0.6) is 0 Å². The van der Waals surface area contributed by atoms with Crippen LogP contribution >= 0.6 is 11.6 Å². The molecule has 7 nitrogen and oxygen atoms in total. The number of nitro groups is 1. The molecule has 19 heavy (non-hydrogen) atoms. The van der Waals surface area contributed by atoms with E-state index in [2.05, 4.69) is 4.72 Å². The summed E-state index contributed by atoms with van der Waals surface area (Å²) >= 11 is 5.69. The van der Waals surface area contributed by atoms with Gasteiger partial charge in [0.1, 0.15) is 0 Å².